The van der Waals surface area contributed by atoms with Gasteiger partial charge in [-0.3, -0.25) is 4.79 Å². The van der Waals surface area contributed by atoms with E-state index in [0.717, 1.165) is 43.6 Å². The summed E-state index contributed by atoms with van der Waals surface area (Å²) in [7, 11) is 0. The van der Waals surface area contributed by atoms with E-state index in [2.05, 4.69) is 20.5 Å². The molecule has 2 aromatic heterocycles. The summed E-state index contributed by atoms with van der Waals surface area (Å²) in [5.41, 5.74) is 1.30. The zero-order valence-corrected chi connectivity index (χ0v) is 24.9. The van der Waals surface area contributed by atoms with Gasteiger partial charge in [-0.15, -0.1) is 0 Å². The number of carbonyl (C=O) groups is 1. The van der Waals surface area contributed by atoms with Crippen LogP contribution in [0.1, 0.15) is 60.6 Å². The molecule has 3 atom stereocenters. The number of pyridine rings is 2. The van der Waals surface area contributed by atoms with Crippen LogP contribution in [0.2, 0.25) is 0 Å². The van der Waals surface area contributed by atoms with Crippen LogP contribution in [0, 0.1) is 17.2 Å². The number of hydrogen-bond acceptors (Lipinski definition) is 8. The number of hydrogen-bond donors (Lipinski definition) is 2. The Labute approximate surface area is 259 Å². The molecule has 3 fully saturated rings. The lowest BCUT2D eigenvalue weighted by Crippen LogP contribution is -2.48. The molecule has 0 bridgehead atoms. The second-order valence-electron chi connectivity index (χ2n) is 11.7. The lowest BCUT2D eigenvalue weighted by atomic mass is 9.94. The van der Waals surface area contributed by atoms with Gasteiger partial charge in [0.2, 0.25) is 5.88 Å². The van der Waals surface area contributed by atoms with Crippen LogP contribution >= 0.6 is 0 Å². The summed E-state index contributed by atoms with van der Waals surface area (Å²) in [6.45, 7) is 4.40. The number of carbonyl (C=O) groups excluding carboxylic acids is 1. The zero-order chi connectivity index (χ0) is 31.6. The van der Waals surface area contributed by atoms with E-state index in [1.165, 1.54) is 6.07 Å². The van der Waals surface area contributed by atoms with Crippen molar-refractivity contribution < 1.29 is 27.4 Å². The third kappa shape index (κ3) is 6.83. The van der Waals surface area contributed by atoms with Gasteiger partial charge in [-0.1, -0.05) is 0 Å². The molecule has 6 rings (SSSR count). The topological polar surface area (TPSA) is 112 Å². The molecule has 1 aromatic carbocycles. The number of nitrogens with one attached hydrogen (secondary N) is 2. The number of amides is 1. The van der Waals surface area contributed by atoms with Gasteiger partial charge in [-0.2, -0.15) is 18.4 Å². The van der Waals surface area contributed by atoms with Crippen molar-refractivity contribution in [1.29, 1.82) is 5.26 Å². The third-order valence-electron chi connectivity index (χ3n) is 8.61. The first-order chi connectivity index (χ1) is 21.7. The van der Waals surface area contributed by atoms with Crippen LogP contribution in [0.5, 0.6) is 11.6 Å². The van der Waals surface area contributed by atoms with E-state index in [9.17, 15) is 23.2 Å². The molecular weight excluding hydrogens is 585 g/mol. The van der Waals surface area contributed by atoms with Crippen molar-refractivity contribution in [3.63, 3.8) is 0 Å². The molecule has 4 heterocycles. The van der Waals surface area contributed by atoms with Crippen molar-refractivity contribution in [3.05, 3.63) is 65.5 Å². The number of anilines is 1. The highest BCUT2D eigenvalue weighted by molar-refractivity contribution is 5.99. The molecule has 0 radical (unpaired) electrons. The van der Waals surface area contributed by atoms with E-state index in [0.29, 0.717) is 61.3 Å². The van der Waals surface area contributed by atoms with E-state index in [-0.39, 0.29) is 35.4 Å². The summed E-state index contributed by atoms with van der Waals surface area (Å²) >= 11 is 0. The molecule has 1 amide bonds. The molecule has 2 N–H and O–H groups in total. The lowest BCUT2D eigenvalue weighted by molar-refractivity contribution is -0.137. The lowest BCUT2D eigenvalue weighted by Gasteiger charge is -2.42. The van der Waals surface area contributed by atoms with Gasteiger partial charge in [-0.05, 0) is 81.1 Å². The van der Waals surface area contributed by atoms with Gasteiger partial charge in [0.15, 0.2) is 5.69 Å². The van der Waals surface area contributed by atoms with Crippen molar-refractivity contribution in [3.8, 4) is 29.0 Å². The van der Waals surface area contributed by atoms with Crippen LogP contribution in [0.3, 0.4) is 0 Å². The highest BCUT2D eigenvalue weighted by Gasteiger charge is 2.42. The zero-order valence-electron chi connectivity index (χ0n) is 24.9. The third-order valence-corrected chi connectivity index (χ3v) is 8.61. The first-order valence-corrected chi connectivity index (χ1v) is 15.4. The predicted octanol–water partition coefficient (Wildman–Crippen LogP) is 5.35. The Kier molecular flexibility index (Phi) is 8.81. The number of aromatic nitrogens is 2. The standard InChI is InChI=1S/C33H35F3N6O3/c1-2-44-32-25(4-3-13-39-32)26-8-9-27(30(41-26)31(43)40-23-11-14-38-19-23)42-15-12-24(17-28(42)20-5-6-20)45-29-10-7-22(33(34,35)36)16-21(29)18-37/h3-4,7-10,13,16,20,23-24,28,38H,2,5-6,11-12,14-15,17,19H2,1H3,(H,40,43)/t23-,24-,28?/m1/s1. The molecule has 1 aliphatic carbocycles. The Morgan fingerprint density at radius 1 is 1.18 bits per heavy atom. The minimum Gasteiger partial charge on any atom is -0.489 e. The van der Waals surface area contributed by atoms with Gasteiger partial charge in [0, 0.05) is 44.2 Å². The summed E-state index contributed by atoms with van der Waals surface area (Å²) in [6, 6.07) is 12.4. The highest BCUT2D eigenvalue weighted by atomic mass is 19.4. The number of alkyl halides is 3. The molecule has 1 unspecified atom stereocenters. The maximum Gasteiger partial charge on any atom is 0.416 e. The van der Waals surface area contributed by atoms with Crippen molar-refractivity contribution in [2.24, 2.45) is 5.92 Å². The largest absolute Gasteiger partial charge is 0.489 e. The summed E-state index contributed by atoms with van der Waals surface area (Å²) in [6.07, 6.45) is 0.868. The number of nitrogens with zero attached hydrogens (tertiary/aromatic N) is 4. The fourth-order valence-electron chi connectivity index (χ4n) is 6.24. The van der Waals surface area contributed by atoms with E-state index in [1.54, 1.807) is 12.3 Å². The summed E-state index contributed by atoms with van der Waals surface area (Å²) < 4.78 is 51.6. The monoisotopic (exact) mass is 620 g/mol. The molecular formula is C33H35F3N6O3. The summed E-state index contributed by atoms with van der Waals surface area (Å²) in [4.78, 5) is 25.3. The number of rotatable bonds is 9. The fourth-order valence-corrected chi connectivity index (χ4v) is 6.24. The van der Waals surface area contributed by atoms with Gasteiger partial charge in [0.25, 0.3) is 5.91 Å². The Morgan fingerprint density at radius 3 is 2.73 bits per heavy atom. The average molecular weight is 621 g/mol. The number of halogens is 3. The normalized spacial score (nSPS) is 21.7. The molecule has 236 valence electrons. The van der Waals surface area contributed by atoms with E-state index in [4.69, 9.17) is 14.5 Å². The predicted molar refractivity (Wildman–Crippen MR) is 161 cm³/mol. The minimum absolute atomic E-state index is 0.00427. The van der Waals surface area contributed by atoms with Crippen LogP contribution in [-0.2, 0) is 6.18 Å². The smallest absolute Gasteiger partial charge is 0.416 e. The SMILES string of the molecule is CCOc1ncccc1-c1ccc(N2CC[C@@H](Oc3ccc(C(F)(F)F)cc3C#N)CC2C2CC2)c(C(=O)N[C@@H]2CCNC2)n1. The summed E-state index contributed by atoms with van der Waals surface area (Å²) in [5.74, 6) is 0.729. The van der Waals surface area contributed by atoms with Crippen LogP contribution in [-0.4, -0.2) is 60.3 Å². The molecule has 0 spiro atoms. The van der Waals surface area contributed by atoms with E-state index in [1.807, 2.05) is 31.2 Å². The van der Waals surface area contributed by atoms with Gasteiger partial charge in [0.05, 0.1) is 34.7 Å². The quantitative estimate of drug-likeness (QED) is 0.329. The van der Waals surface area contributed by atoms with Crippen molar-refractivity contribution in [2.75, 3.05) is 31.1 Å². The molecule has 45 heavy (non-hydrogen) atoms. The van der Waals surface area contributed by atoms with Gasteiger partial charge in [-0.25, -0.2) is 9.97 Å². The highest BCUT2D eigenvalue weighted by Crippen LogP contribution is 2.43. The van der Waals surface area contributed by atoms with Crippen molar-refractivity contribution >= 4 is 11.6 Å². The van der Waals surface area contributed by atoms with Gasteiger partial charge < -0.3 is 25.0 Å². The molecule has 1 saturated carbocycles. The number of nitriles is 1. The van der Waals surface area contributed by atoms with Crippen molar-refractivity contribution in [2.45, 2.75) is 63.4 Å². The second-order valence-corrected chi connectivity index (χ2v) is 11.7. The summed E-state index contributed by atoms with van der Waals surface area (Å²) in [5, 5.41) is 16.0. The van der Waals surface area contributed by atoms with Crippen LogP contribution in [0.4, 0.5) is 18.9 Å². The Bertz CT molecular complexity index is 1580. The van der Waals surface area contributed by atoms with Crippen LogP contribution in [0.25, 0.3) is 11.3 Å². The van der Waals surface area contributed by atoms with Crippen LogP contribution in [0.15, 0.2) is 48.7 Å². The number of ether oxygens (including phenoxy) is 2. The maximum atomic E-state index is 13.8. The second kappa shape index (κ2) is 12.9. The Hall–Kier alpha value is -4.37. The minimum atomic E-state index is -4.55. The number of benzene rings is 1. The molecule has 2 saturated heterocycles. The van der Waals surface area contributed by atoms with Crippen molar-refractivity contribution in [1.82, 2.24) is 20.6 Å². The first kappa shape index (κ1) is 30.6. The fraction of sp³-hybridized carbons (Fsp3) is 0.455. The van der Waals surface area contributed by atoms with E-state index >= 15 is 0 Å². The Morgan fingerprint density at radius 2 is 2.02 bits per heavy atom. The maximum absolute atomic E-state index is 13.8. The van der Waals surface area contributed by atoms with Crippen LogP contribution < -0.4 is 25.0 Å². The van der Waals surface area contributed by atoms with Gasteiger partial charge >= 0.3 is 6.18 Å². The molecule has 3 aromatic rings. The van der Waals surface area contributed by atoms with Gasteiger partial charge in [0.1, 0.15) is 17.9 Å². The average Bonchev–Trinajstić information content (AvgIpc) is 3.76. The first-order valence-electron chi connectivity index (χ1n) is 15.4. The molecule has 2 aliphatic heterocycles. The molecule has 3 aliphatic rings. The molecule has 9 nitrogen and oxygen atoms in total. The number of piperidine rings is 1. The molecule has 12 heteroatoms. The van der Waals surface area contributed by atoms with E-state index < -0.39 is 11.7 Å². The Balaban J connectivity index is 1.29.